The number of hydrogen-bond acceptors (Lipinski definition) is 1. The molecule has 0 unspecified atom stereocenters. The normalized spacial score (nSPS) is 13.0. The molecule has 0 aliphatic heterocycles. The molecule has 1 aromatic carbocycles. The average Bonchev–Trinajstić information content (AvgIpc) is 2.10. The van der Waals surface area contributed by atoms with Crippen molar-refractivity contribution in [1.29, 1.82) is 0 Å². The van der Waals surface area contributed by atoms with Crippen molar-refractivity contribution in [2.75, 3.05) is 6.67 Å². The van der Waals surface area contributed by atoms with Crippen LogP contribution < -0.4 is 5.73 Å². The van der Waals surface area contributed by atoms with Gasteiger partial charge in [0.25, 0.3) is 0 Å². The lowest BCUT2D eigenvalue weighted by molar-refractivity contribution is 0.437. The Morgan fingerprint density at radius 3 is 2.46 bits per heavy atom. The molecule has 13 heavy (non-hydrogen) atoms. The zero-order chi connectivity index (χ0) is 10.0. The first-order valence-corrected chi connectivity index (χ1v) is 4.65. The van der Waals surface area contributed by atoms with Crippen LogP contribution in [-0.4, -0.2) is 6.67 Å². The lowest BCUT2D eigenvalue weighted by atomic mass is 10.1. The Morgan fingerprint density at radius 2 is 1.92 bits per heavy atom. The van der Waals surface area contributed by atoms with E-state index in [-0.39, 0.29) is 10.0 Å². The van der Waals surface area contributed by atoms with Gasteiger partial charge < -0.3 is 5.73 Å². The quantitative estimate of drug-likeness (QED) is 0.788. The number of nitrogens with two attached hydrogens (primary N) is 1. The molecule has 0 saturated heterocycles. The standard InChI is InChI=1S/C8H7Cl3FN/c9-4-1-5(7(13)3-12)8(11)6(10)2-4/h1-2,7H,3,13H2/t7-/m1/s1. The van der Waals surface area contributed by atoms with Crippen LogP contribution in [0, 0.1) is 0 Å². The highest BCUT2D eigenvalue weighted by molar-refractivity contribution is 6.43. The largest absolute Gasteiger partial charge is 0.322 e. The van der Waals surface area contributed by atoms with Gasteiger partial charge in [0.05, 0.1) is 16.1 Å². The van der Waals surface area contributed by atoms with Gasteiger partial charge in [-0.15, -0.1) is 0 Å². The van der Waals surface area contributed by atoms with E-state index in [2.05, 4.69) is 0 Å². The minimum atomic E-state index is -0.774. The molecule has 0 saturated carbocycles. The lowest BCUT2D eigenvalue weighted by Crippen LogP contribution is -2.12. The third kappa shape index (κ3) is 2.47. The molecule has 1 aromatic rings. The summed E-state index contributed by atoms with van der Waals surface area (Å²) in [7, 11) is 0. The van der Waals surface area contributed by atoms with Crippen LogP contribution in [0.15, 0.2) is 12.1 Å². The highest BCUT2D eigenvalue weighted by Gasteiger charge is 2.13. The first kappa shape index (κ1) is 11.1. The molecule has 1 rings (SSSR count). The summed E-state index contributed by atoms with van der Waals surface area (Å²) in [6, 6.07) is 2.23. The zero-order valence-corrected chi connectivity index (χ0v) is 8.80. The van der Waals surface area contributed by atoms with Crippen molar-refractivity contribution in [1.82, 2.24) is 0 Å². The van der Waals surface area contributed by atoms with E-state index in [1.54, 1.807) is 0 Å². The molecule has 0 bridgehead atoms. The van der Waals surface area contributed by atoms with Crippen molar-refractivity contribution in [2.24, 2.45) is 5.73 Å². The summed E-state index contributed by atoms with van der Waals surface area (Å²) in [5.74, 6) is 0. The van der Waals surface area contributed by atoms with Gasteiger partial charge in [0.1, 0.15) is 6.67 Å². The van der Waals surface area contributed by atoms with Crippen molar-refractivity contribution in [3.05, 3.63) is 32.8 Å². The Hall–Kier alpha value is -0.0200. The first-order chi connectivity index (χ1) is 6.06. The monoisotopic (exact) mass is 241 g/mol. The Kier molecular flexibility index (Phi) is 3.80. The molecule has 2 N–H and O–H groups in total. The number of rotatable bonds is 2. The average molecular weight is 243 g/mol. The Labute approximate surface area is 90.6 Å². The minimum Gasteiger partial charge on any atom is -0.322 e. The van der Waals surface area contributed by atoms with Crippen molar-refractivity contribution in [3.63, 3.8) is 0 Å². The van der Waals surface area contributed by atoms with Crippen molar-refractivity contribution < 1.29 is 4.39 Å². The van der Waals surface area contributed by atoms with Gasteiger partial charge in [-0.05, 0) is 17.7 Å². The van der Waals surface area contributed by atoms with E-state index in [4.69, 9.17) is 40.5 Å². The second-order valence-electron chi connectivity index (χ2n) is 2.55. The van der Waals surface area contributed by atoms with Crippen molar-refractivity contribution in [3.8, 4) is 0 Å². The summed E-state index contributed by atoms with van der Waals surface area (Å²) < 4.78 is 12.2. The predicted octanol–water partition coefficient (Wildman–Crippen LogP) is 3.62. The van der Waals surface area contributed by atoms with E-state index in [1.165, 1.54) is 12.1 Å². The van der Waals surface area contributed by atoms with Crippen LogP contribution in [0.2, 0.25) is 15.1 Å². The maximum atomic E-state index is 12.2. The number of benzene rings is 1. The van der Waals surface area contributed by atoms with Crippen LogP contribution in [0.3, 0.4) is 0 Å². The Balaban J connectivity index is 3.20. The zero-order valence-electron chi connectivity index (χ0n) is 6.53. The molecular formula is C8H7Cl3FN. The predicted molar refractivity (Wildman–Crippen MR) is 54.4 cm³/mol. The summed E-state index contributed by atoms with van der Waals surface area (Å²) in [5, 5.41) is 0.942. The Bertz CT molecular complexity index is 317. The van der Waals surface area contributed by atoms with Crippen LogP contribution in [-0.2, 0) is 0 Å². The van der Waals surface area contributed by atoms with E-state index in [1.807, 2.05) is 0 Å². The van der Waals surface area contributed by atoms with E-state index < -0.39 is 12.7 Å². The first-order valence-electron chi connectivity index (χ1n) is 3.52. The molecular weight excluding hydrogens is 235 g/mol. The number of halogens is 4. The fourth-order valence-corrected chi connectivity index (χ4v) is 1.69. The second-order valence-corrected chi connectivity index (χ2v) is 3.77. The highest BCUT2D eigenvalue weighted by Crippen LogP contribution is 2.32. The molecule has 0 radical (unpaired) electrons. The molecule has 0 fully saturated rings. The number of alkyl halides is 1. The summed E-state index contributed by atoms with van der Waals surface area (Å²) in [6.07, 6.45) is 0. The summed E-state index contributed by atoms with van der Waals surface area (Å²) in [5.41, 5.74) is 5.89. The molecule has 1 atom stereocenters. The van der Waals surface area contributed by atoms with Crippen molar-refractivity contribution >= 4 is 34.8 Å². The van der Waals surface area contributed by atoms with Gasteiger partial charge in [-0.3, -0.25) is 0 Å². The second kappa shape index (κ2) is 4.47. The third-order valence-electron chi connectivity index (χ3n) is 1.59. The molecule has 0 amide bonds. The van der Waals surface area contributed by atoms with Gasteiger partial charge in [-0.1, -0.05) is 34.8 Å². The molecule has 0 spiro atoms. The maximum Gasteiger partial charge on any atom is 0.109 e. The molecule has 0 aliphatic rings. The molecule has 0 aromatic heterocycles. The smallest absolute Gasteiger partial charge is 0.109 e. The summed E-state index contributed by atoms with van der Waals surface area (Å²) in [4.78, 5) is 0. The van der Waals surface area contributed by atoms with Gasteiger partial charge in [-0.2, -0.15) is 0 Å². The summed E-state index contributed by atoms with van der Waals surface area (Å²) in [6.45, 7) is -0.698. The fraction of sp³-hybridized carbons (Fsp3) is 0.250. The summed E-state index contributed by atoms with van der Waals surface area (Å²) >= 11 is 17.2. The number of hydrogen-bond donors (Lipinski definition) is 1. The topological polar surface area (TPSA) is 26.0 Å². The van der Waals surface area contributed by atoms with E-state index >= 15 is 0 Å². The van der Waals surface area contributed by atoms with Gasteiger partial charge in [0, 0.05) is 5.02 Å². The van der Waals surface area contributed by atoms with Gasteiger partial charge >= 0.3 is 0 Å². The van der Waals surface area contributed by atoms with Crippen LogP contribution in [0.25, 0.3) is 0 Å². The minimum absolute atomic E-state index is 0.260. The Morgan fingerprint density at radius 1 is 1.31 bits per heavy atom. The van der Waals surface area contributed by atoms with Crippen molar-refractivity contribution in [2.45, 2.75) is 6.04 Å². The van der Waals surface area contributed by atoms with Crippen LogP contribution in [0.4, 0.5) is 4.39 Å². The van der Waals surface area contributed by atoms with E-state index in [0.717, 1.165) is 0 Å². The van der Waals surface area contributed by atoms with Gasteiger partial charge in [0.2, 0.25) is 0 Å². The lowest BCUT2D eigenvalue weighted by Gasteiger charge is -2.11. The molecule has 0 aliphatic carbocycles. The SMILES string of the molecule is N[C@H](CF)c1cc(Cl)cc(Cl)c1Cl. The molecule has 0 heterocycles. The highest BCUT2D eigenvalue weighted by atomic mass is 35.5. The fourth-order valence-electron chi connectivity index (χ4n) is 0.929. The maximum absolute atomic E-state index is 12.2. The molecule has 1 nitrogen and oxygen atoms in total. The van der Waals surface area contributed by atoms with Crippen LogP contribution in [0.5, 0.6) is 0 Å². The third-order valence-corrected chi connectivity index (χ3v) is 2.62. The van der Waals surface area contributed by atoms with Crippen LogP contribution in [0.1, 0.15) is 11.6 Å². The van der Waals surface area contributed by atoms with E-state index in [9.17, 15) is 4.39 Å². The van der Waals surface area contributed by atoms with E-state index in [0.29, 0.717) is 10.6 Å². The molecule has 72 valence electrons. The van der Waals surface area contributed by atoms with Gasteiger partial charge in [-0.25, -0.2) is 4.39 Å². The molecule has 5 heteroatoms. The van der Waals surface area contributed by atoms with Gasteiger partial charge in [0.15, 0.2) is 0 Å². The van der Waals surface area contributed by atoms with Crippen LogP contribution >= 0.6 is 34.8 Å².